The molecule has 6 heteroatoms. The Morgan fingerprint density at radius 3 is 2.52 bits per heavy atom. The zero-order valence-electron chi connectivity index (χ0n) is 11.8. The van der Waals surface area contributed by atoms with Crippen LogP contribution in [0.4, 0.5) is 0 Å². The lowest BCUT2D eigenvalue weighted by Gasteiger charge is -2.38. The molecule has 21 heavy (non-hydrogen) atoms. The van der Waals surface area contributed by atoms with Crippen LogP contribution in [0.3, 0.4) is 0 Å². The number of hydrogen-bond donors (Lipinski definition) is 1. The van der Waals surface area contributed by atoms with Crippen molar-refractivity contribution in [1.29, 1.82) is 0 Å². The minimum Gasteiger partial charge on any atom is -0.480 e. The number of carbonyl (C=O) groups is 2. The largest absolute Gasteiger partial charge is 0.480 e. The number of carboxylic acids is 1. The molecule has 5 nitrogen and oxygen atoms in total. The molecule has 1 aromatic rings. The Bertz CT molecular complexity index is 595. The van der Waals surface area contributed by atoms with Gasteiger partial charge in [0.25, 0.3) is 5.91 Å². The second kappa shape index (κ2) is 5.77. The fourth-order valence-electron chi connectivity index (χ4n) is 2.05. The molecule has 1 aliphatic heterocycles. The van der Waals surface area contributed by atoms with E-state index in [-0.39, 0.29) is 12.6 Å². The number of rotatable bonds is 4. The first-order valence-corrected chi connectivity index (χ1v) is 6.95. The van der Waals surface area contributed by atoms with E-state index in [9.17, 15) is 14.7 Å². The predicted octanol–water partition coefficient (Wildman–Crippen LogP) is 2.32. The van der Waals surface area contributed by atoms with Gasteiger partial charge < -0.3 is 9.84 Å². The van der Waals surface area contributed by atoms with Gasteiger partial charge in [0, 0.05) is 0 Å². The minimum atomic E-state index is -1.37. The Morgan fingerprint density at radius 1 is 1.38 bits per heavy atom. The lowest BCUT2D eigenvalue weighted by molar-refractivity contribution is -0.160. The maximum Gasteiger partial charge on any atom is 0.329 e. The molecule has 0 aromatic heterocycles. The van der Waals surface area contributed by atoms with E-state index in [0.717, 1.165) is 0 Å². The molecule has 1 aliphatic rings. The molecule has 1 heterocycles. The van der Waals surface area contributed by atoms with Gasteiger partial charge in [-0.15, -0.1) is 11.6 Å². The number of ether oxygens (including phenoxy) is 1. The highest BCUT2D eigenvalue weighted by Gasteiger charge is 2.42. The molecular weight excluding hydrogens is 294 g/mol. The van der Waals surface area contributed by atoms with Crippen LogP contribution in [-0.2, 0) is 14.3 Å². The van der Waals surface area contributed by atoms with Crippen LogP contribution in [0.25, 0.3) is 5.57 Å². The molecular formula is C15H16ClNO4. The molecule has 0 unspecified atom stereocenters. The maximum absolute atomic E-state index is 12.7. The van der Waals surface area contributed by atoms with E-state index >= 15 is 0 Å². The van der Waals surface area contributed by atoms with E-state index in [2.05, 4.69) is 0 Å². The molecule has 0 saturated heterocycles. The van der Waals surface area contributed by atoms with Crippen LogP contribution in [-0.4, -0.2) is 40.0 Å². The smallest absolute Gasteiger partial charge is 0.329 e. The highest BCUT2D eigenvalue weighted by Crippen LogP contribution is 2.31. The summed E-state index contributed by atoms with van der Waals surface area (Å²) in [7, 11) is 0. The number of allylic oxidation sites excluding steroid dienone is 1. The summed E-state index contributed by atoms with van der Waals surface area (Å²) in [6.07, 6.45) is 0. The standard InChI is InChI=1S/C15H16ClNO4/c1-15(2,14(19)20)17-9-21-11(8-16)12(13(17)18)10-6-4-3-5-7-10/h3-7H,8-9H2,1-2H3,(H,19,20). The van der Waals surface area contributed by atoms with E-state index in [1.165, 1.54) is 18.7 Å². The number of hydrogen-bond acceptors (Lipinski definition) is 3. The number of carbonyl (C=O) groups excluding carboxylic acids is 1. The van der Waals surface area contributed by atoms with Gasteiger partial charge >= 0.3 is 5.97 Å². The average Bonchev–Trinajstić information content (AvgIpc) is 2.47. The van der Waals surface area contributed by atoms with Gasteiger partial charge in [-0.3, -0.25) is 9.69 Å². The van der Waals surface area contributed by atoms with Crippen LogP contribution >= 0.6 is 11.6 Å². The maximum atomic E-state index is 12.7. The van der Waals surface area contributed by atoms with Crippen LogP contribution in [0.2, 0.25) is 0 Å². The first kappa shape index (κ1) is 15.4. The van der Waals surface area contributed by atoms with E-state index in [0.29, 0.717) is 16.9 Å². The van der Waals surface area contributed by atoms with Gasteiger partial charge in [0.05, 0.1) is 11.5 Å². The molecule has 2 rings (SSSR count). The first-order chi connectivity index (χ1) is 9.89. The van der Waals surface area contributed by atoms with Crippen molar-refractivity contribution >= 4 is 29.1 Å². The average molecular weight is 310 g/mol. The Labute approximate surface area is 127 Å². The quantitative estimate of drug-likeness (QED) is 0.867. The van der Waals surface area contributed by atoms with Gasteiger partial charge in [-0.1, -0.05) is 30.3 Å². The lowest BCUT2D eigenvalue weighted by Crippen LogP contribution is -2.55. The summed E-state index contributed by atoms with van der Waals surface area (Å²) < 4.78 is 5.50. The number of benzene rings is 1. The Morgan fingerprint density at radius 2 is 2.00 bits per heavy atom. The molecule has 112 valence electrons. The summed E-state index contributed by atoms with van der Waals surface area (Å²) in [5.41, 5.74) is -0.398. The number of aliphatic carboxylic acids is 1. The summed E-state index contributed by atoms with van der Waals surface area (Å²) in [5, 5.41) is 9.30. The van der Waals surface area contributed by atoms with Crippen LogP contribution in [0, 0.1) is 0 Å². The minimum absolute atomic E-state index is 0.0529. The molecule has 0 aliphatic carbocycles. The normalized spacial score (nSPS) is 16.0. The van der Waals surface area contributed by atoms with Crippen molar-refractivity contribution < 1.29 is 19.4 Å². The first-order valence-electron chi connectivity index (χ1n) is 6.42. The van der Waals surface area contributed by atoms with Gasteiger partial charge in [0.2, 0.25) is 0 Å². The van der Waals surface area contributed by atoms with Crippen molar-refractivity contribution in [2.24, 2.45) is 0 Å². The summed E-state index contributed by atoms with van der Waals surface area (Å²) in [6, 6.07) is 8.95. The Balaban J connectivity index is 2.48. The molecule has 1 N–H and O–H groups in total. The summed E-state index contributed by atoms with van der Waals surface area (Å²) in [6.45, 7) is 2.80. The lowest BCUT2D eigenvalue weighted by atomic mass is 9.97. The van der Waals surface area contributed by atoms with E-state index < -0.39 is 17.4 Å². The monoisotopic (exact) mass is 309 g/mol. The van der Waals surface area contributed by atoms with Crippen molar-refractivity contribution in [2.75, 3.05) is 12.6 Å². The highest BCUT2D eigenvalue weighted by molar-refractivity contribution is 6.25. The van der Waals surface area contributed by atoms with Crippen molar-refractivity contribution in [1.82, 2.24) is 4.90 Å². The van der Waals surface area contributed by atoms with Crippen LogP contribution in [0.15, 0.2) is 36.1 Å². The van der Waals surface area contributed by atoms with Gasteiger partial charge in [-0.25, -0.2) is 4.79 Å². The van der Waals surface area contributed by atoms with Gasteiger partial charge in [0.15, 0.2) is 6.73 Å². The third kappa shape index (κ3) is 2.74. The molecule has 0 spiro atoms. The molecule has 0 radical (unpaired) electrons. The van der Waals surface area contributed by atoms with E-state index in [1.807, 2.05) is 6.07 Å². The summed E-state index contributed by atoms with van der Waals surface area (Å²) >= 11 is 5.84. The number of nitrogens with zero attached hydrogens (tertiary/aromatic N) is 1. The number of halogens is 1. The van der Waals surface area contributed by atoms with Crippen LogP contribution in [0.1, 0.15) is 19.4 Å². The third-order valence-electron chi connectivity index (χ3n) is 3.49. The van der Waals surface area contributed by atoms with E-state index in [1.54, 1.807) is 24.3 Å². The molecule has 1 amide bonds. The second-order valence-electron chi connectivity index (χ2n) is 5.17. The van der Waals surface area contributed by atoms with Crippen molar-refractivity contribution in [3.63, 3.8) is 0 Å². The summed E-state index contributed by atoms with van der Waals surface area (Å²) in [5.74, 6) is -1.07. The van der Waals surface area contributed by atoms with E-state index in [4.69, 9.17) is 16.3 Å². The molecule has 0 saturated carbocycles. The van der Waals surface area contributed by atoms with Gasteiger partial charge in [-0.05, 0) is 19.4 Å². The third-order valence-corrected chi connectivity index (χ3v) is 3.73. The molecule has 0 bridgehead atoms. The van der Waals surface area contributed by atoms with Gasteiger partial charge in [-0.2, -0.15) is 0 Å². The van der Waals surface area contributed by atoms with Crippen molar-refractivity contribution in [3.8, 4) is 0 Å². The number of amides is 1. The fourth-order valence-corrected chi connectivity index (χ4v) is 2.26. The zero-order valence-corrected chi connectivity index (χ0v) is 12.6. The predicted molar refractivity (Wildman–Crippen MR) is 78.6 cm³/mol. The summed E-state index contributed by atoms with van der Waals surface area (Å²) in [4.78, 5) is 25.3. The molecule has 0 atom stereocenters. The van der Waals surface area contributed by atoms with Crippen molar-refractivity contribution in [3.05, 3.63) is 41.7 Å². The molecule has 1 aromatic carbocycles. The number of carboxylic acid groups (broad SMARTS) is 1. The number of alkyl halides is 1. The second-order valence-corrected chi connectivity index (χ2v) is 5.44. The topological polar surface area (TPSA) is 66.8 Å². The Kier molecular flexibility index (Phi) is 4.23. The van der Waals surface area contributed by atoms with Crippen molar-refractivity contribution in [2.45, 2.75) is 19.4 Å². The fraction of sp³-hybridized carbons (Fsp3) is 0.333. The molecule has 0 fully saturated rings. The van der Waals surface area contributed by atoms with Crippen LogP contribution in [0.5, 0.6) is 0 Å². The Hall–Kier alpha value is -2.01. The zero-order chi connectivity index (χ0) is 15.6. The van der Waals surface area contributed by atoms with Gasteiger partial charge in [0.1, 0.15) is 11.3 Å². The highest BCUT2D eigenvalue weighted by atomic mass is 35.5. The van der Waals surface area contributed by atoms with Crippen LogP contribution < -0.4 is 0 Å². The SMILES string of the molecule is CC(C)(C(=O)O)N1COC(CCl)=C(c2ccccc2)C1=O.